The Bertz CT molecular complexity index is 590. The average Bonchev–Trinajstić information content (AvgIpc) is 2.37. The lowest BCUT2D eigenvalue weighted by molar-refractivity contribution is -0.193. The molecule has 0 heterocycles. The summed E-state index contributed by atoms with van der Waals surface area (Å²) in [6.07, 6.45) is -10.5. The summed E-state index contributed by atoms with van der Waals surface area (Å²) in [6.45, 7) is 0. The van der Waals surface area contributed by atoms with Gasteiger partial charge in [0.15, 0.2) is 0 Å². The van der Waals surface area contributed by atoms with Crippen LogP contribution in [-0.4, -0.2) is 30.2 Å². The van der Waals surface area contributed by atoms with Gasteiger partial charge in [0.1, 0.15) is 0 Å². The monoisotopic (exact) mass is 329 g/mol. The van der Waals surface area contributed by atoms with Crippen LogP contribution >= 0.6 is 0 Å². The maximum Gasteiger partial charge on any atom is 0.491 e. The van der Waals surface area contributed by atoms with E-state index in [2.05, 4.69) is 4.74 Å². The molecule has 1 aromatic rings. The zero-order valence-electron chi connectivity index (χ0n) is 10.2. The molecule has 22 heavy (non-hydrogen) atoms. The molecular weight excluding hydrogens is 324 g/mol. The molecule has 5 nitrogen and oxygen atoms in total. The zero-order chi connectivity index (χ0) is 17.1. The largest absolute Gasteiger partial charge is 0.491 e. The van der Waals surface area contributed by atoms with Gasteiger partial charge in [-0.05, 0) is 24.3 Å². The first kappa shape index (κ1) is 17.5. The van der Waals surface area contributed by atoms with E-state index in [0.29, 0.717) is 0 Å². The number of ether oxygens (including phenoxy) is 1. The van der Waals surface area contributed by atoms with Gasteiger partial charge in [0.2, 0.25) is 0 Å². The molecule has 0 aliphatic heterocycles. The van der Waals surface area contributed by atoms with Crippen LogP contribution in [0.25, 0.3) is 0 Å². The first-order chi connectivity index (χ1) is 9.91. The van der Waals surface area contributed by atoms with Gasteiger partial charge in [-0.3, -0.25) is 4.79 Å². The van der Waals surface area contributed by atoms with E-state index in [1.165, 1.54) is 5.32 Å². The minimum atomic E-state index is -5.36. The fourth-order valence-electron chi connectivity index (χ4n) is 1.09. The van der Waals surface area contributed by atoms with Crippen LogP contribution in [-0.2, 0) is 14.3 Å². The van der Waals surface area contributed by atoms with Crippen LogP contribution in [0.4, 0.5) is 32.0 Å². The molecule has 1 rings (SSSR count). The summed E-state index contributed by atoms with van der Waals surface area (Å²) in [5, 5.41) is 1.45. The number of esters is 2. The Morgan fingerprint density at radius 3 is 1.77 bits per heavy atom. The molecule has 0 saturated carbocycles. The first-order valence-electron chi connectivity index (χ1n) is 5.23. The van der Waals surface area contributed by atoms with E-state index in [9.17, 15) is 40.7 Å². The third kappa shape index (κ3) is 4.75. The van der Waals surface area contributed by atoms with Gasteiger partial charge < -0.3 is 10.1 Å². The highest BCUT2D eigenvalue weighted by Gasteiger charge is 2.42. The molecule has 0 radical (unpaired) electrons. The number of benzene rings is 1. The second-order valence-electron chi connectivity index (χ2n) is 3.70. The van der Waals surface area contributed by atoms with Crippen molar-refractivity contribution in [3.05, 3.63) is 29.8 Å². The van der Waals surface area contributed by atoms with E-state index < -0.39 is 35.8 Å². The first-order valence-corrected chi connectivity index (χ1v) is 5.23. The molecule has 0 aromatic heterocycles. The van der Waals surface area contributed by atoms with Crippen LogP contribution in [0.5, 0.6) is 0 Å². The van der Waals surface area contributed by atoms with E-state index >= 15 is 0 Å². The standard InChI is InChI=1S/C11H5F6NO4/c12-10(13,14)8(20)18-6-3-1-5(2-4-6)7(19)22-9(21)11(15,16)17/h1-4H,(H,18,20). The summed E-state index contributed by atoms with van der Waals surface area (Å²) in [7, 11) is 0. The number of halogens is 6. The van der Waals surface area contributed by atoms with Gasteiger partial charge in [0, 0.05) is 5.69 Å². The quantitative estimate of drug-likeness (QED) is 0.514. The van der Waals surface area contributed by atoms with Crippen molar-refractivity contribution in [2.45, 2.75) is 12.4 Å². The van der Waals surface area contributed by atoms with Gasteiger partial charge in [-0.15, -0.1) is 0 Å². The number of alkyl halides is 6. The van der Waals surface area contributed by atoms with Crippen molar-refractivity contribution >= 4 is 23.5 Å². The summed E-state index contributed by atoms with van der Waals surface area (Å²) in [6, 6.07) is 3.19. The van der Waals surface area contributed by atoms with Crippen molar-refractivity contribution < 1.29 is 45.5 Å². The third-order valence-corrected chi connectivity index (χ3v) is 2.05. The molecule has 11 heteroatoms. The van der Waals surface area contributed by atoms with Crippen molar-refractivity contribution in [1.29, 1.82) is 0 Å². The lowest BCUT2D eigenvalue weighted by atomic mass is 10.2. The Kier molecular flexibility index (Phi) is 4.79. The van der Waals surface area contributed by atoms with Crippen molar-refractivity contribution in [3.8, 4) is 0 Å². The van der Waals surface area contributed by atoms with Gasteiger partial charge in [-0.1, -0.05) is 0 Å². The Balaban J connectivity index is 2.75. The highest BCUT2D eigenvalue weighted by atomic mass is 19.4. The maximum atomic E-state index is 12.0. The van der Waals surface area contributed by atoms with E-state index in [-0.39, 0.29) is 5.69 Å². The van der Waals surface area contributed by atoms with Crippen LogP contribution in [0.2, 0.25) is 0 Å². The lowest BCUT2D eigenvalue weighted by Gasteiger charge is -2.08. The number of hydrogen-bond donors (Lipinski definition) is 1. The summed E-state index contributed by atoms with van der Waals surface area (Å²) >= 11 is 0. The molecule has 0 bridgehead atoms. The smallest absolute Gasteiger partial charge is 0.383 e. The molecule has 120 valence electrons. The second kappa shape index (κ2) is 6.03. The van der Waals surface area contributed by atoms with Gasteiger partial charge in [0.05, 0.1) is 5.56 Å². The Labute approximate surface area is 117 Å². The number of hydrogen-bond acceptors (Lipinski definition) is 4. The summed E-state index contributed by atoms with van der Waals surface area (Å²) < 4.78 is 75.0. The van der Waals surface area contributed by atoms with Crippen LogP contribution < -0.4 is 5.32 Å². The molecule has 0 aliphatic carbocycles. The summed E-state index contributed by atoms with van der Waals surface area (Å²) in [4.78, 5) is 32.2. The van der Waals surface area contributed by atoms with Crippen molar-refractivity contribution in [2.24, 2.45) is 0 Å². The van der Waals surface area contributed by atoms with Crippen molar-refractivity contribution in [3.63, 3.8) is 0 Å². The number of nitrogens with one attached hydrogen (secondary N) is 1. The van der Waals surface area contributed by atoms with E-state index in [1.54, 1.807) is 0 Å². The predicted octanol–water partition coefficient (Wildman–Crippen LogP) is 2.43. The molecule has 1 amide bonds. The highest BCUT2D eigenvalue weighted by molar-refractivity contribution is 5.99. The SMILES string of the molecule is O=C(OC(=O)C(F)(F)F)c1ccc(NC(=O)C(F)(F)F)cc1. The Hall–Kier alpha value is -2.59. The van der Waals surface area contributed by atoms with Crippen molar-refractivity contribution in [1.82, 2.24) is 0 Å². The molecule has 0 spiro atoms. The van der Waals surface area contributed by atoms with E-state index in [4.69, 9.17) is 0 Å². The minimum Gasteiger partial charge on any atom is -0.383 e. The molecule has 1 aromatic carbocycles. The van der Waals surface area contributed by atoms with Crippen LogP contribution in [0.15, 0.2) is 24.3 Å². The van der Waals surface area contributed by atoms with Gasteiger partial charge >= 0.3 is 30.2 Å². The van der Waals surface area contributed by atoms with Crippen LogP contribution in [0, 0.1) is 0 Å². The molecule has 0 saturated heterocycles. The molecule has 1 N–H and O–H groups in total. The molecule has 0 unspecified atom stereocenters. The normalized spacial score (nSPS) is 11.7. The topological polar surface area (TPSA) is 72.5 Å². The number of anilines is 1. The van der Waals surface area contributed by atoms with Crippen molar-refractivity contribution in [2.75, 3.05) is 5.32 Å². The van der Waals surface area contributed by atoms with Crippen LogP contribution in [0.1, 0.15) is 10.4 Å². The Morgan fingerprint density at radius 1 is 0.864 bits per heavy atom. The molecular formula is C11H5F6NO4. The van der Waals surface area contributed by atoms with E-state index in [1.807, 2.05) is 0 Å². The van der Waals surface area contributed by atoms with E-state index in [0.717, 1.165) is 24.3 Å². The second-order valence-corrected chi connectivity index (χ2v) is 3.70. The number of rotatable bonds is 2. The van der Waals surface area contributed by atoms with Gasteiger partial charge in [-0.25, -0.2) is 9.59 Å². The lowest BCUT2D eigenvalue weighted by Crippen LogP contribution is -2.30. The molecule has 0 aliphatic rings. The number of amides is 1. The van der Waals surface area contributed by atoms with Gasteiger partial charge in [0.25, 0.3) is 0 Å². The molecule has 0 fully saturated rings. The summed E-state index contributed by atoms with van der Waals surface area (Å²) in [5.41, 5.74) is -0.886. The Morgan fingerprint density at radius 2 is 1.36 bits per heavy atom. The van der Waals surface area contributed by atoms with Gasteiger partial charge in [-0.2, -0.15) is 26.3 Å². The highest BCUT2D eigenvalue weighted by Crippen LogP contribution is 2.20. The fourth-order valence-corrected chi connectivity index (χ4v) is 1.09. The number of carbonyl (C=O) groups excluding carboxylic acids is 3. The molecule has 0 atom stereocenters. The average molecular weight is 329 g/mol. The number of carbonyl (C=O) groups is 3. The fraction of sp³-hybridized carbons (Fsp3) is 0.182. The zero-order valence-corrected chi connectivity index (χ0v) is 10.2. The minimum absolute atomic E-state index is 0.360. The maximum absolute atomic E-state index is 12.0. The predicted molar refractivity (Wildman–Crippen MR) is 57.6 cm³/mol. The summed E-state index contributed by atoms with van der Waals surface area (Å²) in [5.74, 6) is -6.64. The third-order valence-electron chi connectivity index (χ3n) is 2.05. The van der Waals surface area contributed by atoms with Crippen LogP contribution in [0.3, 0.4) is 0 Å².